The number of para-hydroxylation sites is 1. The lowest BCUT2D eigenvalue weighted by atomic mass is 10.0. The maximum atomic E-state index is 12.5. The van der Waals surface area contributed by atoms with Crippen LogP contribution in [-0.2, 0) is 16.1 Å². The van der Waals surface area contributed by atoms with Crippen LogP contribution in [0, 0.1) is 0 Å². The maximum Gasteiger partial charge on any atom is 0.188 e. The van der Waals surface area contributed by atoms with Crippen LogP contribution in [0.3, 0.4) is 0 Å². The highest BCUT2D eigenvalue weighted by atomic mass is 32.2. The van der Waals surface area contributed by atoms with Gasteiger partial charge >= 0.3 is 0 Å². The van der Waals surface area contributed by atoms with Gasteiger partial charge < -0.3 is 14.0 Å². The van der Waals surface area contributed by atoms with Gasteiger partial charge in [-0.3, -0.25) is 0 Å². The second-order valence-electron chi connectivity index (χ2n) is 5.86. The standard InChI is InChI=1S/C17H21NO3S2/c1-17(2,3)23(19)18-16(13-9-10-22-11-13)14-7-5-6-8-15(14)21-12-20-4/h5-11H,12H2,1-4H3. The summed E-state index contributed by atoms with van der Waals surface area (Å²) < 4.78 is 27.2. The predicted molar refractivity (Wildman–Crippen MR) is 96.8 cm³/mol. The molecule has 0 amide bonds. The third kappa shape index (κ3) is 4.81. The van der Waals surface area contributed by atoms with Crippen molar-refractivity contribution in [2.45, 2.75) is 25.5 Å². The minimum absolute atomic E-state index is 0.149. The fourth-order valence-electron chi connectivity index (χ4n) is 1.79. The fourth-order valence-corrected chi connectivity index (χ4v) is 3.07. The van der Waals surface area contributed by atoms with Crippen molar-refractivity contribution < 1.29 is 14.0 Å². The largest absolute Gasteiger partial charge is 0.591 e. The van der Waals surface area contributed by atoms with Gasteiger partial charge in [0.25, 0.3) is 0 Å². The van der Waals surface area contributed by atoms with Crippen LogP contribution in [0.2, 0.25) is 0 Å². The molecule has 0 aliphatic rings. The first kappa shape index (κ1) is 18.0. The van der Waals surface area contributed by atoms with Crippen molar-refractivity contribution in [2.75, 3.05) is 13.9 Å². The molecule has 0 radical (unpaired) electrons. The van der Waals surface area contributed by atoms with Crippen LogP contribution in [-0.4, -0.2) is 28.9 Å². The highest BCUT2D eigenvalue weighted by Gasteiger charge is 2.28. The van der Waals surface area contributed by atoms with Crippen LogP contribution in [0.1, 0.15) is 31.9 Å². The first-order chi connectivity index (χ1) is 10.9. The van der Waals surface area contributed by atoms with Gasteiger partial charge in [-0.15, -0.1) is 0 Å². The van der Waals surface area contributed by atoms with E-state index in [-0.39, 0.29) is 6.79 Å². The maximum absolute atomic E-state index is 12.5. The summed E-state index contributed by atoms with van der Waals surface area (Å²) in [5, 5.41) is 3.97. The molecular formula is C17H21NO3S2. The number of rotatable bonds is 6. The van der Waals surface area contributed by atoms with Crippen molar-refractivity contribution in [3.05, 3.63) is 52.2 Å². The van der Waals surface area contributed by atoms with E-state index in [9.17, 15) is 4.55 Å². The number of benzene rings is 1. The highest BCUT2D eigenvalue weighted by molar-refractivity contribution is 7.91. The molecule has 0 saturated heterocycles. The van der Waals surface area contributed by atoms with Crippen LogP contribution in [0.5, 0.6) is 5.75 Å². The summed E-state index contributed by atoms with van der Waals surface area (Å²) in [6.07, 6.45) is 0. The molecule has 0 N–H and O–H groups in total. The van der Waals surface area contributed by atoms with Gasteiger partial charge in [0.15, 0.2) is 6.79 Å². The zero-order chi connectivity index (χ0) is 16.9. The average Bonchev–Trinajstić information content (AvgIpc) is 3.04. The van der Waals surface area contributed by atoms with Crippen LogP contribution in [0.25, 0.3) is 0 Å². The predicted octanol–water partition coefficient (Wildman–Crippen LogP) is 4.03. The fraction of sp³-hybridized carbons (Fsp3) is 0.353. The van der Waals surface area contributed by atoms with Gasteiger partial charge in [-0.05, 0) is 44.4 Å². The highest BCUT2D eigenvalue weighted by Crippen LogP contribution is 2.26. The van der Waals surface area contributed by atoms with E-state index in [1.165, 1.54) is 0 Å². The number of nitrogens with zero attached hydrogens (tertiary/aromatic N) is 1. The van der Waals surface area contributed by atoms with Crippen LogP contribution in [0.4, 0.5) is 0 Å². The number of methoxy groups -OCH3 is 1. The molecule has 23 heavy (non-hydrogen) atoms. The minimum atomic E-state index is -1.36. The first-order valence-corrected chi connectivity index (χ1v) is 9.23. The van der Waals surface area contributed by atoms with Gasteiger partial charge in [-0.2, -0.15) is 11.3 Å². The molecule has 2 aromatic rings. The SMILES string of the molecule is COCOc1ccccc1C(=N[S+]([O-])C(C)(C)C)c1ccsc1. The normalized spacial score (nSPS) is 13.9. The summed E-state index contributed by atoms with van der Waals surface area (Å²) in [7, 11) is 1.57. The molecular weight excluding hydrogens is 330 g/mol. The molecule has 0 aliphatic heterocycles. The second-order valence-corrected chi connectivity index (χ2v) is 8.55. The quantitative estimate of drug-likeness (QED) is 0.448. The second kappa shape index (κ2) is 7.97. The van der Waals surface area contributed by atoms with E-state index in [1.807, 2.05) is 61.9 Å². The summed E-state index contributed by atoms with van der Waals surface area (Å²) in [6, 6.07) is 9.55. The Morgan fingerprint density at radius 2 is 2.00 bits per heavy atom. The lowest BCUT2D eigenvalue weighted by Crippen LogP contribution is -2.27. The molecule has 0 fully saturated rings. The van der Waals surface area contributed by atoms with E-state index in [2.05, 4.69) is 4.40 Å². The lowest BCUT2D eigenvalue weighted by molar-refractivity contribution is 0.0510. The van der Waals surface area contributed by atoms with Crippen molar-refractivity contribution in [1.29, 1.82) is 0 Å². The molecule has 1 aromatic heterocycles. The molecule has 0 bridgehead atoms. The topological polar surface area (TPSA) is 53.9 Å². The molecule has 0 saturated carbocycles. The molecule has 6 heteroatoms. The van der Waals surface area contributed by atoms with E-state index < -0.39 is 16.1 Å². The van der Waals surface area contributed by atoms with Gasteiger partial charge in [0.1, 0.15) is 27.6 Å². The monoisotopic (exact) mass is 351 g/mol. The number of ether oxygens (including phenoxy) is 2. The van der Waals surface area contributed by atoms with E-state index in [1.54, 1.807) is 18.4 Å². The number of thiophene rings is 1. The van der Waals surface area contributed by atoms with E-state index in [0.717, 1.165) is 11.1 Å². The van der Waals surface area contributed by atoms with E-state index >= 15 is 0 Å². The van der Waals surface area contributed by atoms with Crippen molar-refractivity contribution in [2.24, 2.45) is 4.40 Å². The zero-order valence-electron chi connectivity index (χ0n) is 13.7. The van der Waals surface area contributed by atoms with Crippen LogP contribution >= 0.6 is 11.3 Å². The number of hydrogen-bond acceptors (Lipinski definition) is 5. The van der Waals surface area contributed by atoms with Crippen LogP contribution < -0.4 is 4.74 Å². The Morgan fingerprint density at radius 1 is 1.26 bits per heavy atom. The van der Waals surface area contributed by atoms with Gasteiger partial charge in [-0.25, -0.2) is 0 Å². The van der Waals surface area contributed by atoms with Crippen LogP contribution in [0.15, 0.2) is 45.5 Å². The molecule has 0 aliphatic carbocycles. The number of hydrogen-bond donors (Lipinski definition) is 0. The first-order valence-electron chi connectivity index (χ1n) is 7.18. The Labute approximate surface area is 144 Å². The van der Waals surface area contributed by atoms with Gasteiger partial charge in [0.2, 0.25) is 0 Å². The third-order valence-electron chi connectivity index (χ3n) is 2.97. The summed E-state index contributed by atoms with van der Waals surface area (Å²) in [5.74, 6) is 0.658. The Morgan fingerprint density at radius 3 is 2.61 bits per heavy atom. The van der Waals surface area contributed by atoms with Gasteiger partial charge in [0.05, 0.1) is 0 Å². The molecule has 0 spiro atoms. The van der Waals surface area contributed by atoms with Crippen molar-refractivity contribution in [1.82, 2.24) is 0 Å². The molecule has 1 aromatic carbocycles. The van der Waals surface area contributed by atoms with Crippen molar-refractivity contribution >= 4 is 28.4 Å². The Balaban J connectivity index is 2.49. The Hall–Kier alpha value is -1.34. The zero-order valence-corrected chi connectivity index (χ0v) is 15.4. The Kier molecular flexibility index (Phi) is 6.24. The molecule has 124 valence electrons. The van der Waals surface area contributed by atoms with Crippen molar-refractivity contribution in [3.8, 4) is 5.75 Å². The molecule has 2 rings (SSSR count). The summed E-state index contributed by atoms with van der Waals surface area (Å²) in [4.78, 5) is 0. The van der Waals surface area contributed by atoms with Gasteiger partial charge in [0, 0.05) is 23.6 Å². The molecule has 4 nitrogen and oxygen atoms in total. The Bertz CT molecular complexity index is 648. The average molecular weight is 351 g/mol. The lowest BCUT2D eigenvalue weighted by Gasteiger charge is -2.20. The van der Waals surface area contributed by atoms with E-state index in [0.29, 0.717) is 11.5 Å². The third-order valence-corrected chi connectivity index (χ3v) is 5.05. The summed E-state index contributed by atoms with van der Waals surface area (Å²) in [6.45, 7) is 5.87. The minimum Gasteiger partial charge on any atom is -0.591 e. The summed E-state index contributed by atoms with van der Waals surface area (Å²) >= 11 is 0.215. The molecule has 1 atom stereocenters. The van der Waals surface area contributed by atoms with Gasteiger partial charge in [-0.1, -0.05) is 16.5 Å². The van der Waals surface area contributed by atoms with E-state index in [4.69, 9.17) is 9.47 Å². The smallest absolute Gasteiger partial charge is 0.188 e. The molecule has 1 heterocycles. The summed E-state index contributed by atoms with van der Waals surface area (Å²) in [5.41, 5.74) is 2.41. The molecule has 1 unspecified atom stereocenters. The van der Waals surface area contributed by atoms with Crippen molar-refractivity contribution in [3.63, 3.8) is 0 Å².